The standard InChI is InChI=1S/C35H37N11O4/c1-19-30-23(16-37-46(30)21-17-45(18-21)35(50)26-10-5-9-25(39-26)34(49)44-13-6-14-44)22-7-4-8-24(31(22)43(19)3)38-27-15-28(40-32(47)20-11-12-20)41-42-29(27)33(48)36-2/h4-5,7-10,15-16,19-21H,6,11-14,17-18H2,1-3H3,(H,36,48)(H2,38,40,41,47). The Balaban J connectivity index is 1.04. The van der Waals surface area contributed by atoms with Crippen LogP contribution in [0.1, 0.15) is 75.4 Å². The van der Waals surface area contributed by atoms with Gasteiger partial charge in [0.1, 0.15) is 11.4 Å². The number of benzene rings is 1. The molecular weight excluding hydrogens is 638 g/mol. The van der Waals surface area contributed by atoms with Crippen LogP contribution in [0.2, 0.25) is 0 Å². The SMILES string of the molecule is CNC(=O)c1nnc(NC(=O)C2CC2)cc1Nc1cccc2c1N(C)C(C)c1c-2cnn1C1CN(C(=O)c2cccc(C(=O)N3CCC3)n2)C1. The molecule has 2 saturated heterocycles. The van der Waals surface area contributed by atoms with Gasteiger partial charge in [0.2, 0.25) is 5.91 Å². The topological polar surface area (TPSA) is 171 Å². The van der Waals surface area contributed by atoms with E-state index in [0.29, 0.717) is 24.5 Å². The third kappa shape index (κ3) is 5.38. The fraction of sp³-hybridized carbons (Fsp3) is 0.371. The highest BCUT2D eigenvalue weighted by Crippen LogP contribution is 2.49. The minimum Gasteiger partial charge on any atom is -0.364 e. The third-order valence-electron chi connectivity index (χ3n) is 10.0. The Kier molecular flexibility index (Phi) is 7.68. The Morgan fingerprint density at radius 2 is 1.60 bits per heavy atom. The molecule has 3 fully saturated rings. The lowest BCUT2D eigenvalue weighted by Crippen LogP contribution is -2.52. The van der Waals surface area contributed by atoms with Gasteiger partial charge in [-0.2, -0.15) is 5.10 Å². The summed E-state index contributed by atoms with van der Waals surface area (Å²) in [7, 11) is 3.54. The molecule has 1 atom stereocenters. The van der Waals surface area contributed by atoms with E-state index in [4.69, 9.17) is 5.10 Å². The van der Waals surface area contributed by atoms with Crippen molar-refractivity contribution in [2.45, 2.75) is 38.3 Å². The lowest BCUT2D eigenvalue weighted by atomic mass is 9.93. The van der Waals surface area contributed by atoms with Crippen LogP contribution in [0.25, 0.3) is 11.1 Å². The van der Waals surface area contributed by atoms with Gasteiger partial charge in [-0.05, 0) is 44.4 Å². The summed E-state index contributed by atoms with van der Waals surface area (Å²) in [5, 5.41) is 21.9. The smallest absolute Gasteiger partial charge is 0.273 e. The second-order valence-corrected chi connectivity index (χ2v) is 13.3. The Bertz CT molecular complexity index is 2050. The van der Waals surface area contributed by atoms with E-state index in [1.165, 1.54) is 7.05 Å². The zero-order chi connectivity index (χ0) is 34.7. The van der Waals surface area contributed by atoms with Crippen LogP contribution in [-0.2, 0) is 4.79 Å². The summed E-state index contributed by atoms with van der Waals surface area (Å²) in [5.41, 5.74) is 5.71. The van der Waals surface area contributed by atoms with Crippen LogP contribution >= 0.6 is 0 Å². The first kappa shape index (κ1) is 31.4. The predicted molar refractivity (Wildman–Crippen MR) is 184 cm³/mol. The van der Waals surface area contributed by atoms with Crippen LogP contribution < -0.4 is 20.9 Å². The van der Waals surface area contributed by atoms with Gasteiger partial charge in [-0.15, -0.1) is 10.2 Å². The number of anilines is 4. The molecule has 0 bridgehead atoms. The zero-order valence-electron chi connectivity index (χ0n) is 28.0. The second kappa shape index (κ2) is 12.2. The van der Waals surface area contributed by atoms with Gasteiger partial charge in [-0.3, -0.25) is 23.9 Å². The van der Waals surface area contributed by atoms with Crippen molar-refractivity contribution in [3.05, 3.63) is 71.4 Å². The van der Waals surface area contributed by atoms with E-state index in [1.54, 1.807) is 34.1 Å². The van der Waals surface area contributed by atoms with E-state index in [-0.39, 0.29) is 52.9 Å². The van der Waals surface area contributed by atoms with Crippen molar-refractivity contribution in [1.82, 2.24) is 40.1 Å². The Morgan fingerprint density at radius 1 is 0.880 bits per heavy atom. The Morgan fingerprint density at radius 3 is 2.28 bits per heavy atom. The van der Waals surface area contributed by atoms with E-state index in [0.717, 1.165) is 60.5 Å². The number of rotatable bonds is 8. The molecule has 8 rings (SSSR count). The molecule has 1 aromatic carbocycles. The number of carbonyl (C=O) groups is 4. The van der Waals surface area contributed by atoms with E-state index in [9.17, 15) is 19.2 Å². The van der Waals surface area contributed by atoms with Crippen LogP contribution in [-0.4, -0.2) is 98.7 Å². The van der Waals surface area contributed by atoms with Crippen LogP contribution in [0.4, 0.5) is 22.9 Å². The van der Waals surface area contributed by atoms with E-state index < -0.39 is 5.91 Å². The number of hydrogen-bond acceptors (Lipinski definition) is 10. The van der Waals surface area contributed by atoms with E-state index in [2.05, 4.69) is 43.0 Å². The van der Waals surface area contributed by atoms with Crippen molar-refractivity contribution in [2.75, 3.05) is 55.8 Å². The normalized spacial score (nSPS) is 18.0. The third-order valence-corrected chi connectivity index (χ3v) is 10.0. The number of carbonyl (C=O) groups excluding carboxylic acids is 4. The van der Waals surface area contributed by atoms with Crippen LogP contribution in [0.15, 0.2) is 48.7 Å². The highest BCUT2D eigenvalue weighted by atomic mass is 16.2. The lowest BCUT2D eigenvalue weighted by Gasteiger charge is -2.42. The number of amides is 4. The number of pyridine rings is 1. The van der Waals surface area contributed by atoms with Crippen molar-refractivity contribution in [3.63, 3.8) is 0 Å². The number of aromatic nitrogens is 5. The zero-order valence-corrected chi connectivity index (χ0v) is 28.0. The molecule has 1 saturated carbocycles. The minimum atomic E-state index is -0.410. The molecule has 1 unspecified atom stereocenters. The highest BCUT2D eigenvalue weighted by molar-refractivity contribution is 6.01. The fourth-order valence-electron chi connectivity index (χ4n) is 6.75. The quantitative estimate of drug-likeness (QED) is 0.252. The summed E-state index contributed by atoms with van der Waals surface area (Å²) in [6, 6.07) is 12.5. The van der Waals surface area contributed by atoms with Crippen LogP contribution in [0.5, 0.6) is 0 Å². The summed E-state index contributed by atoms with van der Waals surface area (Å²) in [6.07, 6.45) is 4.56. The number of nitrogens with zero attached hydrogens (tertiary/aromatic N) is 8. The molecule has 3 N–H and O–H groups in total. The average Bonchev–Trinajstić information content (AvgIpc) is 3.85. The first-order valence-corrected chi connectivity index (χ1v) is 16.9. The first-order chi connectivity index (χ1) is 24.2. The number of nitrogens with one attached hydrogen (secondary N) is 3. The maximum atomic E-state index is 13.4. The lowest BCUT2D eigenvalue weighted by molar-refractivity contribution is -0.117. The molecule has 3 aliphatic heterocycles. The average molecular weight is 676 g/mol. The van der Waals surface area contributed by atoms with Crippen molar-refractivity contribution in [2.24, 2.45) is 5.92 Å². The van der Waals surface area contributed by atoms with Gasteiger partial charge < -0.3 is 30.7 Å². The van der Waals surface area contributed by atoms with Gasteiger partial charge in [0, 0.05) is 63.4 Å². The summed E-state index contributed by atoms with van der Waals surface area (Å²) >= 11 is 0. The fourth-order valence-corrected chi connectivity index (χ4v) is 6.75. The molecular formula is C35H37N11O4. The number of likely N-dealkylation sites (tertiary alicyclic amines) is 2. The molecule has 15 heteroatoms. The van der Waals surface area contributed by atoms with Gasteiger partial charge in [-0.25, -0.2) is 4.98 Å². The van der Waals surface area contributed by atoms with Gasteiger partial charge >= 0.3 is 0 Å². The molecule has 4 amide bonds. The summed E-state index contributed by atoms with van der Waals surface area (Å²) < 4.78 is 2.02. The molecule has 1 aliphatic carbocycles. The molecule has 6 heterocycles. The molecule has 0 radical (unpaired) electrons. The van der Waals surface area contributed by atoms with Gasteiger partial charge in [-0.1, -0.05) is 18.2 Å². The van der Waals surface area contributed by atoms with E-state index in [1.807, 2.05) is 36.1 Å². The highest BCUT2D eigenvalue weighted by Gasteiger charge is 2.39. The van der Waals surface area contributed by atoms with Crippen LogP contribution in [0.3, 0.4) is 0 Å². The van der Waals surface area contributed by atoms with Crippen molar-refractivity contribution >= 4 is 46.5 Å². The van der Waals surface area contributed by atoms with Gasteiger partial charge in [0.05, 0.1) is 41.0 Å². The molecule has 50 heavy (non-hydrogen) atoms. The maximum absolute atomic E-state index is 13.4. The number of hydrogen-bond donors (Lipinski definition) is 3. The molecule has 4 aromatic rings. The Labute approximate surface area is 288 Å². The number of fused-ring (bicyclic) bond motifs is 3. The molecule has 0 spiro atoms. The number of para-hydroxylation sites is 1. The maximum Gasteiger partial charge on any atom is 0.273 e. The van der Waals surface area contributed by atoms with Crippen molar-refractivity contribution in [3.8, 4) is 11.1 Å². The van der Waals surface area contributed by atoms with Gasteiger partial charge in [0.25, 0.3) is 17.7 Å². The van der Waals surface area contributed by atoms with E-state index >= 15 is 0 Å². The van der Waals surface area contributed by atoms with Crippen molar-refractivity contribution in [1.29, 1.82) is 0 Å². The Hall–Kier alpha value is -5.86. The van der Waals surface area contributed by atoms with Crippen LogP contribution in [0, 0.1) is 5.92 Å². The molecule has 3 aromatic heterocycles. The summed E-state index contributed by atoms with van der Waals surface area (Å²) in [5.74, 6) is -0.604. The molecule has 15 nitrogen and oxygen atoms in total. The first-order valence-electron chi connectivity index (χ1n) is 16.9. The second-order valence-electron chi connectivity index (χ2n) is 13.3. The molecule has 4 aliphatic rings. The minimum absolute atomic E-state index is 0.0115. The van der Waals surface area contributed by atoms with Gasteiger partial charge in [0.15, 0.2) is 11.5 Å². The van der Waals surface area contributed by atoms with Crippen molar-refractivity contribution < 1.29 is 19.2 Å². The summed E-state index contributed by atoms with van der Waals surface area (Å²) in [6.45, 7) is 4.50. The predicted octanol–water partition coefficient (Wildman–Crippen LogP) is 3.24. The molecule has 256 valence electrons. The largest absolute Gasteiger partial charge is 0.364 e. The summed E-state index contributed by atoms with van der Waals surface area (Å²) in [4.78, 5) is 61.3. The monoisotopic (exact) mass is 675 g/mol.